The van der Waals surface area contributed by atoms with Gasteiger partial charge in [-0.15, -0.1) is 0 Å². The molecule has 6 nitrogen and oxygen atoms in total. The third kappa shape index (κ3) is 2.77. The van der Waals surface area contributed by atoms with E-state index in [4.69, 9.17) is 4.74 Å². The summed E-state index contributed by atoms with van der Waals surface area (Å²) < 4.78 is 5.29. The van der Waals surface area contributed by atoms with Crippen LogP contribution in [-0.2, 0) is 9.53 Å². The van der Waals surface area contributed by atoms with E-state index in [1.807, 2.05) is 26.8 Å². The van der Waals surface area contributed by atoms with Crippen LogP contribution in [0.15, 0.2) is 11.9 Å². The molecular weight excluding hydrogens is 270 g/mol. The highest BCUT2D eigenvalue weighted by Gasteiger charge is 2.52. The van der Waals surface area contributed by atoms with Crippen molar-refractivity contribution in [2.24, 2.45) is 5.41 Å². The molecule has 6 heteroatoms. The average Bonchev–Trinajstić information content (AvgIpc) is 2.99. The summed E-state index contributed by atoms with van der Waals surface area (Å²) in [5, 5.41) is 6.01. The summed E-state index contributed by atoms with van der Waals surface area (Å²) in [5.74, 6) is 0.710. The molecule has 116 valence electrons. The minimum Gasteiger partial charge on any atom is -0.444 e. The average molecular weight is 293 g/mol. The number of ether oxygens (including phenoxy) is 1. The minimum absolute atomic E-state index is 0.112. The Morgan fingerprint density at radius 3 is 2.71 bits per heavy atom. The zero-order chi connectivity index (χ0) is 15.3. The number of nitrogens with zero attached hydrogens (tertiary/aromatic N) is 1. The Balaban J connectivity index is 1.78. The Bertz CT molecular complexity index is 497. The van der Waals surface area contributed by atoms with E-state index in [2.05, 4.69) is 10.6 Å². The summed E-state index contributed by atoms with van der Waals surface area (Å²) in [5.41, 5.74) is -1.03. The van der Waals surface area contributed by atoms with Gasteiger partial charge in [0.25, 0.3) is 0 Å². The van der Waals surface area contributed by atoms with Gasteiger partial charge < -0.3 is 10.1 Å². The highest BCUT2D eigenvalue weighted by molar-refractivity contribution is 5.91. The minimum atomic E-state index is -0.551. The van der Waals surface area contributed by atoms with Gasteiger partial charge in [0.1, 0.15) is 11.4 Å². The summed E-state index contributed by atoms with van der Waals surface area (Å²) in [6.45, 7) is 6.94. The molecule has 1 spiro atoms. The first-order valence-corrected chi connectivity index (χ1v) is 7.58. The first-order valence-electron chi connectivity index (χ1n) is 7.58. The van der Waals surface area contributed by atoms with Gasteiger partial charge in [-0.1, -0.05) is 0 Å². The van der Waals surface area contributed by atoms with Crippen molar-refractivity contribution in [1.82, 2.24) is 15.5 Å². The quantitative estimate of drug-likeness (QED) is 0.806. The van der Waals surface area contributed by atoms with Crippen molar-refractivity contribution in [2.45, 2.75) is 51.7 Å². The third-order valence-corrected chi connectivity index (χ3v) is 4.05. The maximum absolute atomic E-state index is 12.7. The monoisotopic (exact) mass is 293 g/mol. The molecule has 1 saturated carbocycles. The maximum Gasteiger partial charge on any atom is 0.413 e. The summed E-state index contributed by atoms with van der Waals surface area (Å²) in [7, 11) is 0. The van der Waals surface area contributed by atoms with Crippen molar-refractivity contribution in [3.05, 3.63) is 11.9 Å². The molecule has 21 heavy (non-hydrogen) atoms. The van der Waals surface area contributed by atoms with E-state index in [-0.39, 0.29) is 11.9 Å². The van der Waals surface area contributed by atoms with Crippen LogP contribution in [0.5, 0.6) is 0 Å². The van der Waals surface area contributed by atoms with Crippen molar-refractivity contribution >= 4 is 12.0 Å². The smallest absolute Gasteiger partial charge is 0.413 e. The number of amides is 2. The topological polar surface area (TPSA) is 70.7 Å². The number of hydrogen-bond acceptors (Lipinski definition) is 4. The number of carbonyl (C=O) groups is 2. The van der Waals surface area contributed by atoms with Gasteiger partial charge in [0.05, 0.1) is 5.41 Å². The molecule has 2 aliphatic heterocycles. The molecule has 0 aromatic rings. The predicted molar refractivity (Wildman–Crippen MR) is 77.2 cm³/mol. The van der Waals surface area contributed by atoms with Crippen molar-refractivity contribution < 1.29 is 14.3 Å². The fraction of sp³-hybridized carbons (Fsp3) is 0.733. The fourth-order valence-electron chi connectivity index (χ4n) is 2.96. The number of alkyl carbamates (subject to hydrolysis) is 1. The normalized spacial score (nSPS) is 29.0. The summed E-state index contributed by atoms with van der Waals surface area (Å²) in [4.78, 5) is 26.5. The maximum atomic E-state index is 12.7. The van der Waals surface area contributed by atoms with Crippen molar-refractivity contribution in [2.75, 3.05) is 13.1 Å². The van der Waals surface area contributed by atoms with Crippen molar-refractivity contribution in [1.29, 1.82) is 0 Å². The van der Waals surface area contributed by atoms with E-state index >= 15 is 0 Å². The molecule has 3 rings (SSSR count). The fourth-order valence-corrected chi connectivity index (χ4v) is 2.96. The van der Waals surface area contributed by atoms with Crippen molar-refractivity contribution in [3.8, 4) is 0 Å². The molecule has 0 aromatic heterocycles. The zero-order valence-electron chi connectivity index (χ0n) is 12.9. The lowest BCUT2D eigenvalue weighted by Gasteiger charge is -2.25. The molecule has 0 aromatic carbocycles. The third-order valence-electron chi connectivity index (χ3n) is 4.05. The van der Waals surface area contributed by atoms with E-state index in [1.165, 1.54) is 0 Å². The SMILES string of the molecule is CC(C)(C)OC(=O)NC1=CC2(CCNC2)C(=O)N1C1CC1. The Morgan fingerprint density at radius 2 is 2.19 bits per heavy atom. The summed E-state index contributed by atoms with van der Waals surface area (Å²) >= 11 is 0. The van der Waals surface area contributed by atoms with Crippen LogP contribution in [-0.4, -0.2) is 41.6 Å². The Kier molecular flexibility index (Phi) is 3.24. The van der Waals surface area contributed by atoms with Gasteiger partial charge in [0, 0.05) is 12.6 Å². The van der Waals surface area contributed by atoms with E-state index < -0.39 is 17.1 Å². The summed E-state index contributed by atoms with van der Waals surface area (Å²) in [6, 6.07) is 0.235. The highest BCUT2D eigenvalue weighted by atomic mass is 16.6. The molecule has 2 amide bonds. The number of rotatable bonds is 2. The Hall–Kier alpha value is -1.56. The lowest BCUT2D eigenvalue weighted by molar-refractivity contribution is -0.135. The van der Waals surface area contributed by atoms with Crippen LogP contribution in [0.2, 0.25) is 0 Å². The molecule has 2 N–H and O–H groups in total. The van der Waals surface area contributed by atoms with Gasteiger partial charge in [-0.05, 0) is 52.7 Å². The summed E-state index contributed by atoms with van der Waals surface area (Å²) in [6.07, 6.45) is 4.20. The largest absolute Gasteiger partial charge is 0.444 e. The van der Waals surface area contributed by atoms with Gasteiger partial charge >= 0.3 is 6.09 Å². The van der Waals surface area contributed by atoms with Crippen LogP contribution in [0.3, 0.4) is 0 Å². The molecule has 0 bridgehead atoms. The molecule has 0 radical (unpaired) electrons. The first kappa shape index (κ1) is 14.4. The van der Waals surface area contributed by atoms with Crippen molar-refractivity contribution in [3.63, 3.8) is 0 Å². The second kappa shape index (κ2) is 4.73. The molecule has 1 aliphatic carbocycles. The van der Waals surface area contributed by atoms with Crippen LogP contribution in [0.1, 0.15) is 40.0 Å². The first-order chi connectivity index (χ1) is 9.81. The van der Waals surface area contributed by atoms with E-state index in [0.717, 1.165) is 25.8 Å². The predicted octanol–water partition coefficient (Wildman–Crippen LogP) is 1.34. The number of hydrogen-bond donors (Lipinski definition) is 2. The van der Waals surface area contributed by atoms with Crippen LogP contribution >= 0.6 is 0 Å². The van der Waals surface area contributed by atoms with Gasteiger partial charge in [-0.3, -0.25) is 15.0 Å². The molecular formula is C15H23N3O3. The van der Waals surface area contributed by atoms with Gasteiger partial charge in [0.2, 0.25) is 5.91 Å². The molecule has 2 fully saturated rings. The lowest BCUT2D eigenvalue weighted by Crippen LogP contribution is -2.42. The van der Waals surface area contributed by atoms with Crippen LogP contribution in [0, 0.1) is 5.41 Å². The van der Waals surface area contributed by atoms with Crippen LogP contribution in [0.4, 0.5) is 4.79 Å². The number of carbonyl (C=O) groups excluding carboxylic acids is 2. The second-order valence-electron chi connectivity index (χ2n) is 7.15. The zero-order valence-corrected chi connectivity index (χ0v) is 12.9. The van der Waals surface area contributed by atoms with Gasteiger partial charge in [-0.2, -0.15) is 0 Å². The molecule has 1 saturated heterocycles. The standard InChI is InChI=1S/C15H23N3O3/c1-14(2,3)21-13(20)17-11-8-15(6-7-16-9-15)12(19)18(11)10-4-5-10/h8,10,16H,4-7,9H2,1-3H3,(H,17,20). The molecule has 1 atom stereocenters. The number of nitrogens with one attached hydrogen (secondary N) is 2. The van der Waals surface area contributed by atoms with E-state index in [9.17, 15) is 9.59 Å². The molecule has 3 aliphatic rings. The van der Waals surface area contributed by atoms with Gasteiger partial charge in [-0.25, -0.2) is 4.79 Å². The van der Waals surface area contributed by atoms with Crippen LogP contribution in [0.25, 0.3) is 0 Å². The molecule has 2 heterocycles. The van der Waals surface area contributed by atoms with E-state index in [0.29, 0.717) is 12.4 Å². The highest BCUT2D eigenvalue weighted by Crippen LogP contribution is 2.42. The van der Waals surface area contributed by atoms with Crippen LogP contribution < -0.4 is 10.6 Å². The second-order valence-corrected chi connectivity index (χ2v) is 7.15. The molecule has 1 unspecified atom stereocenters. The lowest BCUT2D eigenvalue weighted by atomic mass is 9.88. The van der Waals surface area contributed by atoms with E-state index in [1.54, 1.807) is 4.90 Å². The van der Waals surface area contributed by atoms with Gasteiger partial charge in [0.15, 0.2) is 0 Å². The Morgan fingerprint density at radius 1 is 1.48 bits per heavy atom. The Labute approximate surface area is 124 Å².